The normalized spacial score (nSPS) is 17.7. The van der Waals surface area contributed by atoms with Crippen molar-refractivity contribution in [2.75, 3.05) is 19.8 Å². The topological polar surface area (TPSA) is 75.6 Å². The van der Waals surface area contributed by atoms with Crippen LogP contribution in [0.25, 0.3) is 0 Å². The van der Waals surface area contributed by atoms with Crippen molar-refractivity contribution in [3.63, 3.8) is 0 Å². The first-order valence-electron chi connectivity index (χ1n) is 4.74. The summed E-state index contributed by atoms with van der Waals surface area (Å²) in [5.74, 6) is -1.07. The van der Waals surface area contributed by atoms with E-state index in [1.165, 1.54) is 0 Å². The number of aliphatic carboxylic acids is 1. The average Bonchev–Trinajstić information content (AvgIpc) is 2.15. The van der Waals surface area contributed by atoms with E-state index in [0.717, 1.165) is 26.1 Å². The molecule has 0 bridgehead atoms. The van der Waals surface area contributed by atoms with Crippen molar-refractivity contribution < 1.29 is 19.4 Å². The molecule has 0 aromatic heterocycles. The lowest BCUT2D eigenvalue weighted by Gasteiger charge is -2.21. The smallest absolute Gasteiger partial charge is 0.312 e. The van der Waals surface area contributed by atoms with Crippen LogP contribution in [0.15, 0.2) is 0 Å². The van der Waals surface area contributed by atoms with Crippen LogP contribution >= 0.6 is 0 Å². The minimum absolute atomic E-state index is 0.413. The SMILES string of the molecule is O=C(O)CC(=O)NCC1CCOCC1. The summed E-state index contributed by atoms with van der Waals surface area (Å²) in [7, 11) is 0. The molecule has 1 amide bonds. The van der Waals surface area contributed by atoms with Crippen LogP contribution < -0.4 is 5.32 Å². The standard InChI is InChI=1S/C9H15NO4/c11-8(5-9(12)13)10-6-7-1-3-14-4-2-7/h7H,1-6H2,(H,10,11)(H,12,13). The zero-order valence-corrected chi connectivity index (χ0v) is 7.99. The van der Waals surface area contributed by atoms with E-state index in [2.05, 4.69) is 5.32 Å². The first kappa shape index (κ1) is 11.0. The number of amides is 1. The number of carbonyl (C=O) groups excluding carboxylic acids is 1. The number of hydrogen-bond donors (Lipinski definition) is 2. The summed E-state index contributed by atoms with van der Waals surface area (Å²) >= 11 is 0. The molecule has 1 aliphatic heterocycles. The van der Waals surface area contributed by atoms with Gasteiger partial charge < -0.3 is 15.2 Å². The molecule has 0 aromatic carbocycles. The van der Waals surface area contributed by atoms with Crippen molar-refractivity contribution in [2.24, 2.45) is 5.92 Å². The maximum atomic E-state index is 11.0. The Bertz CT molecular complexity index is 211. The van der Waals surface area contributed by atoms with Crippen molar-refractivity contribution in [2.45, 2.75) is 19.3 Å². The summed E-state index contributed by atoms with van der Waals surface area (Å²) in [6.45, 7) is 2.04. The molecular formula is C9H15NO4. The zero-order chi connectivity index (χ0) is 10.4. The predicted molar refractivity (Wildman–Crippen MR) is 48.8 cm³/mol. The Morgan fingerprint density at radius 2 is 2.00 bits per heavy atom. The molecule has 0 unspecified atom stereocenters. The molecule has 1 heterocycles. The molecule has 0 aromatic rings. The number of carbonyl (C=O) groups is 2. The van der Waals surface area contributed by atoms with Gasteiger partial charge in [0.1, 0.15) is 6.42 Å². The van der Waals surface area contributed by atoms with Crippen LogP contribution in [0.1, 0.15) is 19.3 Å². The Kier molecular flexibility index (Phi) is 4.39. The molecule has 1 rings (SSSR count). The average molecular weight is 201 g/mol. The largest absolute Gasteiger partial charge is 0.481 e. The molecule has 14 heavy (non-hydrogen) atoms. The van der Waals surface area contributed by atoms with E-state index < -0.39 is 18.3 Å². The second kappa shape index (κ2) is 5.59. The quantitative estimate of drug-likeness (QED) is 0.628. The molecule has 5 heteroatoms. The van der Waals surface area contributed by atoms with Gasteiger partial charge in [0.15, 0.2) is 0 Å². The van der Waals surface area contributed by atoms with Gasteiger partial charge in [-0.3, -0.25) is 9.59 Å². The summed E-state index contributed by atoms with van der Waals surface area (Å²) in [6.07, 6.45) is 1.43. The van der Waals surface area contributed by atoms with Crippen LogP contribution in [0, 0.1) is 5.92 Å². The molecule has 0 atom stereocenters. The van der Waals surface area contributed by atoms with Crippen molar-refractivity contribution in [3.05, 3.63) is 0 Å². The minimum Gasteiger partial charge on any atom is -0.481 e. The molecule has 5 nitrogen and oxygen atoms in total. The Labute approximate surface area is 82.4 Å². The fraction of sp³-hybridized carbons (Fsp3) is 0.778. The number of carboxylic acids is 1. The lowest BCUT2D eigenvalue weighted by Crippen LogP contribution is -2.33. The van der Waals surface area contributed by atoms with Gasteiger partial charge in [-0.2, -0.15) is 0 Å². The van der Waals surface area contributed by atoms with Crippen molar-refractivity contribution in [3.8, 4) is 0 Å². The zero-order valence-electron chi connectivity index (χ0n) is 7.99. The summed E-state index contributed by atoms with van der Waals surface area (Å²) in [5.41, 5.74) is 0. The molecule has 0 saturated carbocycles. The van der Waals surface area contributed by atoms with Gasteiger partial charge in [-0.25, -0.2) is 0 Å². The second-order valence-corrected chi connectivity index (χ2v) is 3.43. The molecule has 1 fully saturated rings. The molecular weight excluding hydrogens is 186 g/mol. The van der Waals surface area contributed by atoms with Crippen molar-refractivity contribution in [1.29, 1.82) is 0 Å². The summed E-state index contributed by atoms with van der Waals surface area (Å²) < 4.78 is 5.16. The Morgan fingerprint density at radius 3 is 2.57 bits per heavy atom. The van der Waals surface area contributed by atoms with E-state index in [0.29, 0.717) is 12.5 Å². The van der Waals surface area contributed by atoms with Gasteiger partial charge in [-0.05, 0) is 18.8 Å². The highest BCUT2D eigenvalue weighted by Crippen LogP contribution is 2.12. The second-order valence-electron chi connectivity index (χ2n) is 3.43. The maximum Gasteiger partial charge on any atom is 0.312 e. The third-order valence-corrected chi connectivity index (χ3v) is 2.24. The number of nitrogens with one attached hydrogen (secondary N) is 1. The number of ether oxygens (including phenoxy) is 1. The van der Waals surface area contributed by atoms with Crippen LogP contribution in [-0.2, 0) is 14.3 Å². The van der Waals surface area contributed by atoms with Crippen LogP contribution in [0.5, 0.6) is 0 Å². The molecule has 0 aliphatic carbocycles. The highest BCUT2D eigenvalue weighted by atomic mass is 16.5. The van der Waals surface area contributed by atoms with Gasteiger partial charge in [0.2, 0.25) is 5.91 Å². The number of hydrogen-bond acceptors (Lipinski definition) is 3. The van der Waals surface area contributed by atoms with Crippen LogP contribution in [0.4, 0.5) is 0 Å². The first-order valence-corrected chi connectivity index (χ1v) is 4.74. The van der Waals surface area contributed by atoms with Crippen LogP contribution in [-0.4, -0.2) is 36.7 Å². The summed E-state index contributed by atoms with van der Waals surface area (Å²) in [5, 5.41) is 10.9. The molecule has 0 radical (unpaired) electrons. The highest BCUT2D eigenvalue weighted by molar-refractivity contribution is 5.93. The third kappa shape index (κ3) is 4.23. The van der Waals surface area contributed by atoms with Gasteiger partial charge in [-0.1, -0.05) is 0 Å². The van der Waals surface area contributed by atoms with E-state index in [4.69, 9.17) is 9.84 Å². The van der Waals surface area contributed by atoms with Crippen LogP contribution in [0.2, 0.25) is 0 Å². The van der Waals surface area contributed by atoms with Gasteiger partial charge in [0.25, 0.3) is 0 Å². The Hall–Kier alpha value is -1.10. The molecule has 80 valence electrons. The Balaban J connectivity index is 2.12. The highest BCUT2D eigenvalue weighted by Gasteiger charge is 2.15. The number of rotatable bonds is 4. The molecule has 2 N–H and O–H groups in total. The van der Waals surface area contributed by atoms with Gasteiger partial charge >= 0.3 is 5.97 Å². The van der Waals surface area contributed by atoms with E-state index in [9.17, 15) is 9.59 Å². The fourth-order valence-electron chi connectivity index (χ4n) is 1.41. The number of carboxylic acid groups (broad SMARTS) is 1. The van der Waals surface area contributed by atoms with Gasteiger partial charge in [-0.15, -0.1) is 0 Å². The monoisotopic (exact) mass is 201 g/mol. The lowest BCUT2D eigenvalue weighted by molar-refractivity contribution is -0.140. The first-order chi connectivity index (χ1) is 6.68. The van der Waals surface area contributed by atoms with E-state index in [1.54, 1.807) is 0 Å². The Morgan fingerprint density at radius 1 is 1.36 bits per heavy atom. The summed E-state index contributed by atoms with van der Waals surface area (Å²) in [4.78, 5) is 21.2. The van der Waals surface area contributed by atoms with Crippen molar-refractivity contribution in [1.82, 2.24) is 5.32 Å². The minimum atomic E-state index is -1.09. The molecule has 1 aliphatic rings. The van der Waals surface area contributed by atoms with Gasteiger partial charge in [0, 0.05) is 19.8 Å². The fourth-order valence-corrected chi connectivity index (χ4v) is 1.41. The predicted octanol–water partition coefficient (Wildman–Crippen LogP) is 0.00390. The summed E-state index contributed by atoms with van der Waals surface area (Å²) in [6, 6.07) is 0. The van der Waals surface area contributed by atoms with E-state index in [-0.39, 0.29) is 0 Å². The lowest BCUT2D eigenvalue weighted by atomic mass is 10.0. The molecule has 1 saturated heterocycles. The third-order valence-electron chi connectivity index (χ3n) is 2.24. The van der Waals surface area contributed by atoms with E-state index >= 15 is 0 Å². The maximum absolute atomic E-state index is 11.0. The molecule has 0 spiro atoms. The van der Waals surface area contributed by atoms with E-state index in [1.807, 2.05) is 0 Å². The van der Waals surface area contributed by atoms with Crippen molar-refractivity contribution >= 4 is 11.9 Å². The van der Waals surface area contributed by atoms with Crippen LogP contribution in [0.3, 0.4) is 0 Å². The van der Waals surface area contributed by atoms with Gasteiger partial charge in [0.05, 0.1) is 0 Å².